The van der Waals surface area contributed by atoms with Crippen LogP contribution in [0.2, 0.25) is 0 Å². The zero-order valence-electron chi connectivity index (χ0n) is 15.2. The van der Waals surface area contributed by atoms with Crippen LogP contribution in [0.1, 0.15) is 83.4 Å². The molecular formula is C20H34O2. The Morgan fingerprint density at radius 3 is 2.18 bits per heavy atom. The van der Waals surface area contributed by atoms with Crippen molar-refractivity contribution in [3.63, 3.8) is 0 Å². The summed E-state index contributed by atoms with van der Waals surface area (Å²) in [7, 11) is 0. The van der Waals surface area contributed by atoms with E-state index in [2.05, 4.69) is 52.8 Å². The lowest BCUT2D eigenvalue weighted by atomic mass is 9.81. The standard InChI is InChI=1S/C20H34O2/c1-7-9-18(21)19(22)12-14(3)17-13-16(20(4,5)6)11-10-15(17)8-2/h10-11,13-14,18-19,21-22H,7-9,12H2,1-6H3. The maximum absolute atomic E-state index is 10.2. The molecule has 0 spiro atoms. The molecule has 0 saturated heterocycles. The molecule has 0 saturated carbocycles. The fraction of sp³-hybridized carbons (Fsp3) is 0.700. The minimum absolute atomic E-state index is 0.126. The highest BCUT2D eigenvalue weighted by Crippen LogP contribution is 2.31. The predicted octanol–water partition coefficient (Wildman–Crippen LogP) is 4.56. The molecular weight excluding hydrogens is 272 g/mol. The molecule has 0 aliphatic heterocycles. The second-order valence-corrected chi connectivity index (χ2v) is 7.58. The van der Waals surface area contributed by atoms with Crippen molar-refractivity contribution in [3.05, 3.63) is 34.9 Å². The molecule has 0 bridgehead atoms. The molecule has 3 atom stereocenters. The molecule has 0 heterocycles. The van der Waals surface area contributed by atoms with Crippen molar-refractivity contribution in [1.29, 1.82) is 0 Å². The Morgan fingerprint density at radius 1 is 1.05 bits per heavy atom. The summed E-state index contributed by atoms with van der Waals surface area (Å²) >= 11 is 0. The highest BCUT2D eigenvalue weighted by Gasteiger charge is 2.22. The van der Waals surface area contributed by atoms with E-state index in [-0.39, 0.29) is 11.3 Å². The summed E-state index contributed by atoms with van der Waals surface area (Å²) in [4.78, 5) is 0. The van der Waals surface area contributed by atoms with Crippen molar-refractivity contribution in [2.75, 3.05) is 0 Å². The first-order valence-corrected chi connectivity index (χ1v) is 8.70. The van der Waals surface area contributed by atoms with E-state index in [0.29, 0.717) is 12.8 Å². The highest BCUT2D eigenvalue weighted by atomic mass is 16.3. The zero-order chi connectivity index (χ0) is 16.9. The molecule has 2 N–H and O–H groups in total. The number of aliphatic hydroxyl groups is 2. The maximum atomic E-state index is 10.2. The first-order chi connectivity index (χ1) is 10.2. The van der Waals surface area contributed by atoms with Gasteiger partial charge in [-0.05, 0) is 47.3 Å². The summed E-state index contributed by atoms with van der Waals surface area (Å²) in [5.41, 5.74) is 4.12. The van der Waals surface area contributed by atoms with E-state index in [1.807, 2.05) is 6.92 Å². The van der Waals surface area contributed by atoms with E-state index < -0.39 is 12.2 Å². The second kappa shape index (κ2) is 8.12. The van der Waals surface area contributed by atoms with Crippen molar-refractivity contribution in [3.8, 4) is 0 Å². The quantitative estimate of drug-likeness (QED) is 0.775. The third-order valence-corrected chi connectivity index (χ3v) is 4.55. The van der Waals surface area contributed by atoms with Crippen LogP contribution >= 0.6 is 0 Å². The van der Waals surface area contributed by atoms with Gasteiger partial charge in [0.1, 0.15) is 0 Å². The predicted molar refractivity (Wildman–Crippen MR) is 94.5 cm³/mol. The van der Waals surface area contributed by atoms with Gasteiger partial charge in [-0.3, -0.25) is 0 Å². The SMILES string of the molecule is CCCC(O)C(O)CC(C)c1cc(C(C)(C)C)ccc1CC. The molecule has 0 radical (unpaired) electrons. The molecule has 0 aliphatic rings. The zero-order valence-corrected chi connectivity index (χ0v) is 15.2. The van der Waals surface area contributed by atoms with Crippen molar-refractivity contribution in [1.82, 2.24) is 0 Å². The number of benzene rings is 1. The number of aryl methyl sites for hydroxylation is 1. The van der Waals surface area contributed by atoms with Gasteiger partial charge in [0.05, 0.1) is 12.2 Å². The molecule has 1 rings (SSSR count). The normalized spacial score (nSPS) is 16.4. The van der Waals surface area contributed by atoms with Crippen molar-refractivity contribution in [2.24, 2.45) is 0 Å². The first kappa shape index (κ1) is 19.2. The Labute approximate surface area is 136 Å². The monoisotopic (exact) mass is 306 g/mol. The van der Waals surface area contributed by atoms with Gasteiger partial charge in [-0.25, -0.2) is 0 Å². The molecule has 1 aromatic carbocycles. The summed E-state index contributed by atoms with van der Waals surface area (Å²) in [6.07, 6.45) is 1.92. The van der Waals surface area contributed by atoms with Gasteiger partial charge in [-0.1, -0.05) is 66.2 Å². The van der Waals surface area contributed by atoms with Crippen molar-refractivity contribution in [2.45, 2.75) is 90.8 Å². The third kappa shape index (κ3) is 5.10. The largest absolute Gasteiger partial charge is 0.390 e. The molecule has 0 aromatic heterocycles. The van der Waals surface area contributed by atoms with Gasteiger partial charge in [0.2, 0.25) is 0 Å². The molecule has 0 aliphatic carbocycles. The summed E-state index contributed by atoms with van der Waals surface area (Å²) in [5.74, 6) is 0.249. The Bertz CT molecular complexity index is 459. The summed E-state index contributed by atoms with van der Waals surface area (Å²) in [5, 5.41) is 20.2. The van der Waals surface area contributed by atoms with Crippen LogP contribution in [0.25, 0.3) is 0 Å². The molecule has 2 heteroatoms. The van der Waals surface area contributed by atoms with E-state index in [1.54, 1.807) is 0 Å². The molecule has 2 nitrogen and oxygen atoms in total. The van der Waals surface area contributed by atoms with Gasteiger partial charge in [0.15, 0.2) is 0 Å². The topological polar surface area (TPSA) is 40.5 Å². The number of hydrogen-bond acceptors (Lipinski definition) is 2. The number of rotatable bonds is 7. The number of aliphatic hydroxyl groups excluding tert-OH is 2. The Balaban J connectivity index is 2.97. The molecule has 0 fully saturated rings. The van der Waals surface area contributed by atoms with Gasteiger partial charge in [0, 0.05) is 0 Å². The van der Waals surface area contributed by atoms with Gasteiger partial charge in [-0.15, -0.1) is 0 Å². The van der Waals surface area contributed by atoms with E-state index >= 15 is 0 Å². The smallest absolute Gasteiger partial charge is 0.0804 e. The average molecular weight is 306 g/mol. The molecule has 126 valence electrons. The minimum Gasteiger partial charge on any atom is -0.390 e. The van der Waals surface area contributed by atoms with Crippen LogP contribution in [0.3, 0.4) is 0 Å². The van der Waals surface area contributed by atoms with Gasteiger partial charge in [-0.2, -0.15) is 0 Å². The lowest BCUT2D eigenvalue weighted by molar-refractivity contribution is 0.00634. The van der Waals surface area contributed by atoms with Crippen LogP contribution in [0.4, 0.5) is 0 Å². The van der Waals surface area contributed by atoms with Crippen molar-refractivity contribution < 1.29 is 10.2 Å². The molecule has 1 aromatic rings. The Morgan fingerprint density at radius 2 is 1.68 bits per heavy atom. The van der Waals surface area contributed by atoms with Crippen molar-refractivity contribution >= 4 is 0 Å². The highest BCUT2D eigenvalue weighted by molar-refractivity contribution is 5.37. The lowest BCUT2D eigenvalue weighted by Gasteiger charge is -2.26. The van der Waals surface area contributed by atoms with Crippen LogP contribution in [-0.4, -0.2) is 22.4 Å². The van der Waals surface area contributed by atoms with Crippen LogP contribution < -0.4 is 0 Å². The van der Waals surface area contributed by atoms with Crippen LogP contribution in [-0.2, 0) is 11.8 Å². The first-order valence-electron chi connectivity index (χ1n) is 8.70. The van der Waals surface area contributed by atoms with Gasteiger partial charge in [0.25, 0.3) is 0 Å². The average Bonchev–Trinajstić information content (AvgIpc) is 2.45. The Kier molecular flexibility index (Phi) is 7.08. The van der Waals surface area contributed by atoms with E-state index in [4.69, 9.17) is 0 Å². The molecule has 22 heavy (non-hydrogen) atoms. The van der Waals surface area contributed by atoms with E-state index in [0.717, 1.165) is 12.8 Å². The van der Waals surface area contributed by atoms with Gasteiger partial charge < -0.3 is 10.2 Å². The van der Waals surface area contributed by atoms with Gasteiger partial charge >= 0.3 is 0 Å². The summed E-state index contributed by atoms with van der Waals surface area (Å²) in [6.45, 7) is 13.0. The fourth-order valence-electron chi connectivity index (χ4n) is 2.98. The summed E-state index contributed by atoms with van der Waals surface area (Å²) < 4.78 is 0. The fourth-order valence-corrected chi connectivity index (χ4v) is 2.98. The van der Waals surface area contributed by atoms with E-state index in [9.17, 15) is 10.2 Å². The third-order valence-electron chi connectivity index (χ3n) is 4.55. The maximum Gasteiger partial charge on any atom is 0.0804 e. The lowest BCUT2D eigenvalue weighted by Crippen LogP contribution is -2.27. The Hall–Kier alpha value is -0.860. The molecule has 0 amide bonds. The summed E-state index contributed by atoms with van der Waals surface area (Å²) in [6, 6.07) is 6.74. The van der Waals surface area contributed by atoms with Crippen LogP contribution in [0.5, 0.6) is 0 Å². The minimum atomic E-state index is -0.641. The van der Waals surface area contributed by atoms with Crippen LogP contribution in [0.15, 0.2) is 18.2 Å². The second-order valence-electron chi connectivity index (χ2n) is 7.58. The van der Waals surface area contributed by atoms with Crippen LogP contribution in [0, 0.1) is 0 Å². The van der Waals surface area contributed by atoms with E-state index in [1.165, 1.54) is 16.7 Å². The number of hydrogen-bond donors (Lipinski definition) is 2. The molecule has 3 unspecified atom stereocenters.